The Bertz CT molecular complexity index is 1030. The SMILES string of the molecule is CC1=C=C=C(C(O)c2cc(-c3ccncc3)sc2-c2ncn[nH]2)C=C1. The summed E-state index contributed by atoms with van der Waals surface area (Å²) in [5.74, 6) is 0.635. The Hall–Kier alpha value is -3.01. The fraction of sp³-hybridized carbons (Fsp3) is 0.105. The number of hydrogen-bond acceptors (Lipinski definition) is 5. The number of nitrogens with one attached hydrogen (secondary N) is 1. The third-order valence-corrected chi connectivity index (χ3v) is 5.07. The minimum Gasteiger partial charge on any atom is -0.383 e. The van der Waals surface area contributed by atoms with Gasteiger partial charge in [0.1, 0.15) is 12.4 Å². The zero-order valence-electron chi connectivity index (χ0n) is 13.4. The maximum Gasteiger partial charge on any atom is 0.165 e. The second-order valence-corrected chi connectivity index (χ2v) is 6.64. The molecule has 5 nitrogen and oxygen atoms in total. The van der Waals surface area contributed by atoms with E-state index in [1.165, 1.54) is 6.33 Å². The molecular formula is C19H14N4OS. The van der Waals surface area contributed by atoms with Gasteiger partial charge in [0.2, 0.25) is 0 Å². The fourth-order valence-electron chi connectivity index (χ4n) is 2.56. The van der Waals surface area contributed by atoms with E-state index in [1.807, 2.05) is 37.3 Å². The minimum absolute atomic E-state index is 0.635. The molecule has 3 aromatic rings. The molecule has 0 fully saturated rings. The van der Waals surface area contributed by atoms with Crippen molar-refractivity contribution in [3.8, 4) is 21.1 Å². The molecule has 0 aromatic carbocycles. The predicted octanol–water partition coefficient (Wildman–Crippen LogP) is 3.83. The average molecular weight is 346 g/mol. The lowest BCUT2D eigenvalue weighted by Gasteiger charge is -2.11. The van der Waals surface area contributed by atoms with Crippen LogP contribution in [0.1, 0.15) is 18.6 Å². The average Bonchev–Trinajstić information content (AvgIpc) is 3.32. The van der Waals surface area contributed by atoms with Gasteiger partial charge in [0, 0.05) is 28.4 Å². The molecule has 0 saturated carbocycles. The topological polar surface area (TPSA) is 74.7 Å². The van der Waals surface area contributed by atoms with Crippen molar-refractivity contribution in [1.82, 2.24) is 20.2 Å². The second-order valence-electron chi connectivity index (χ2n) is 5.59. The number of aliphatic hydroxyl groups excluding tert-OH is 1. The first-order valence-corrected chi connectivity index (χ1v) is 8.52. The zero-order valence-corrected chi connectivity index (χ0v) is 14.2. The Morgan fingerprint density at radius 3 is 2.72 bits per heavy atom. The summed E-state index contributed by atoms with van der Waals surface area (Å²) in [5, 5.41) is 17.7. The summed E-state index contributed by atoms with van der Waals surface area (Å²) in [5.41, 5.74) is 9.51. The summed E-state index contributed by atoms with van der Waals surface area (Å²) in [6.45, 7) is 1.94. The Kier molecular flexibility index (Phi) is 4.02. The van der Waals surface area contributed by atoms with Crippen molar-refractivity contribution in [3.63, 3.8) is 0 Å². The molecule has 2 N–H and O–H groups in total. The molecule has 0 amide bonds. The van der Waals surface area contributed by atoms with Crippen molar-refractivity contribution in [2.45, 2.75) is 13.0 Å². The van der Waals surface area contributed by atoms with Crippen LogP contribution in [-0.2, 0) is 0 Å². The molecule has 122 valence electrons. The van der Waals surface area contributed by atoms with Gasteiger partial charge < -0.3 is 5.11 Å². The van der Waals surface area contributed by atoms with Crippen LogP contribution in [0.5, 0.6) is 0 Å². The molecule has 4 rings (SSSR count). The van der Waals surface area contributed by atoms with Crippen molar-refractivity contribution in [2.24, 2.45) is 0 Å². The van der Waals surface area contributed by atoms with Crippen LogP contribution in [0.25, 0.3) is 21.1 Å². The van der Waals surface area contributed by atoms with Gasteiger partial charge in [-0.2, -0.15) is 5.10 Å². The molecule has 1 unspecified atom stereocenters. The van der Waals surface area contributed by atoms with Crippen LogP contribution in [0, 0.1) is 0 Å². The van der Waals surface area contributed by atoms with Gasteiger partial charge >= 0.3 is 0 Å². The van der Waals surface area contributed by atoms with Gasteiger partial charge in [-0.15, -0.1) is 11.3 Å². The van der Waals surface area contributed by atoms with E-state index in [9.17, 15) is 5.11 Å². The molecule has 0 spiro atoms. The standard InChI is InChI=1S/C19H14N4OS/c1-12-2-4-14(5-3-12)17(24)15-10-16(13-6-8-20-9-7-13)25-18(15)19-21-11-22-23-19/h2,4,6-11,17,24H,1H3,(H,21,22,23). The van der Waals surface area contributed by atoms with Crippen LogP contribution in [0.4, 0.5) is 0 Å². The monoisotopic (exact) mass is 346 g/mol. The lowest BCUT2D eigenvalue weighted by atomic mass is 9.99. The molecule has 3 aromatic heterocycles. The molecular weight excluding hydrogens is 332 g/mol. The third-order valence-electron chi connectivity index (χ3n) is 3.86. The van der Waals surface area contributed by atoms with Gasteiger partial charge in [-0.1, -0.05) is 11.5 Å². The summed E-state index contributed by atoms with van der Waals surface area (Å²) in [6.07, 6.45) is 7.93. The van der Waals surface area contributed by atoms with E-state index in [2.05, 4.69) is 31.6 Å². The largest absolute Gasteiger partial charge is 0.383 e. The summed E-state index contributed by atoms with van der Waals surface area (Å²) in [7, 11) is 0. The van der Waals surface area contributed by atoms with E-state index in [0.29, 0.717) is 11.4 Å². The zero-order chi connectivity index (χ0) is 17.2. The van der Waals surface area contributed by atoms with E-state index < -0.39 is 6.10 Å². The minimum atomic E-state index is -0.816. The highest BCUT2D eigenvalue weighted by Crippen LogP contribution is 2.41. The molecule has 0 saturated heterocycles. The number of aromatic nitrogens is 4. The normalized spacial score (nSPS) is 14.3. The number of H-pyrrole nitrogens is 1. The first-order chi connectivity index (χ1) is 12.2. The van der Waals surface area contributed by atoms with Gasteiger partial charge in [-0.25, -0.2) is 4.98 Å². The first kappa shape index (κ1) is 15.5. The highest BCUT2D eigenvalue weighted by atomic mass is 32.1. The smallest absolute Gasteiger partial charge is 0.165 e. The Balaban J connectivity index is 1.85. The predicted molar refractivity (Wildman–Crippen MR) is 96.8 cm³/mol. The van der Waals surface area contributed by atoms with Crippen molar-refractivity contribution in [2.75, 3.05) is 0 Å². The van der Waals surface area contributed by atoms with Crippen molar-refractivity contribution in [1.29, 1.82) is 0 Å². The van der Waals surface area contributed by atoms with E-state index in [0.717, 1.165) is 26.5 Å². The molecule has 25 heavy (non-hydrogen) atoms. The van der Waals surface area contributed by atoms with Crippen molar-refractivity contribution >= 4 is 11.3 Å². The maximum atomic E-state index is 10.9. The van der Waals surface area contributed by atoms with Crippen molar-refractivity contribution in [3.05, 3.63) is 77.2 Å². The number of pyridine rings is 1. The lowest BCUT2D eigenvalue weighted by Crippen LogP contribution is -2.00. The van der Waals surface area contributed by atoms with Crippen LogP contribution >= 0.6 is 11.3 Å². The van der Waals surface area contributed by atoms with Crippen LogP contribution in [0.3, 0.4) is 0 Å². The Morgan fingerprint density at radius 1 is 1.20 bits per heavy atom. The fourth-order valence-corrected chi connectivity index (χ4v) is 3.71. The van der Waals surface area contributed by atoms with Gasteiger partial charge in [-0.3, -0.25) is 10.1 Å². The first-order valence-electron chi connectivity index (χ1n) is 7.71. The lowest BCUT2D eigenvalue weighted by molar-refractivity contribution is 0.221. The van der Waals surface area contributed by atoms with Gasteiger partial charge in [0.25, 0.3) is 0 Å². The van der Waals surface area contributed by atoms with Crippen LogP contribution in [0.2, 0.25) is 0 Å². The molecule has 0 aliphatic heterocycles. The quantitative estimate of drug-likeness (QED) is 0.704. The van der Waals surface area contributed by atoms with E-state index in [4.69, 9.17) is 0 Å². The Labute approximate surface area is 148 Å². The highest BCUT2D eigenvalue weighted by molar-refractivity contribution is 7.19. The van der Waals surface area contributed by atoms with E-state index in [-0.39, 0.29) is 0 Å². The second kappa shape index (κ2) is 6.48. The van der Waals surface area contributed by atoms with E-state index in [1.54, 1.807) is 23.7 Å². The number of thiophene rings is 1. The number of aromatic amines is 1. The number of allylic oxidation sites excluding steroid dienone is 2. The molecule has 1 atom stereocenters. The van der Waals surface area contributed by atoms with Crippen molar-refractivity contribution < 1.29 is 5.11 Å². The molecule has 6 heteroatoms. The highest BCUT2D eigenvalue weighted by Gasteiger charge is 2.22. The third kappa shape index (κ3) is 3.03. The van der Waals surface area contributed by atoms with E-state index >= 15 is 0 Å². The maximum absolute atomic E-state index is 10.9. The summed E-state index contributed by atoms with van der Waals surface area (Å²) in [6, 6.07) is 5.87. The number of aliphatic hydroxyl groups is 1. The molecule has 1 aliphatic rings. The van der Waals surface area contributed by atoms with Crippen LogP contribution < -0.4 is 0 Å². The summed E-state index contributed by atoms with van der Waals surface area (Å²) < 4.78 is 0. The van der Waals surface area contributed by atoms with Gasteiger partial charge in [0.05, 0.1) is 4.88 Å². The molecule has 1 aliphatic carbocycles. The molecule has 0 radical (unpaired) electrons. The Morgan fingerprint density at radius 2 is 2.04 bits per heavy atom. The number of rotatable bonds is 4. The van der Waals surface area contributed by atoms with Gasteiger partial charge in [0.15, 0.2) is 5.82 Å². The van der Waals surface area contributed by atoms with Crippen LogP contribution in [0.15, 0.2) is 71.7 Å². The van der Waals surface area contributed by atoms with Gasteiger partial charge in [-0.05, 0) is 48.4 Å². The summed E-state index contributed by atoms with van der Waals surface area (Å²) >= 11 is 1.55. The number of hydrogen-bond donors (Lipinski definition) is 2. The van der Waals surface area contributed by atoms with Crippen LogP contribution in [-0.4, -0.2) is 25.3 Å². The summed E-state index contributed by atoms with van der Waals surface area (Å²) in [4.78, 5) is 10.2. The number of nitrogens with zero attached hydrogens (tertiary/aromatic N) is 3. The molecule has 0 bridgehead atoms. The molecule has 3 heterocycles.